The van der Waals surface area contributed by atoms with Gasteiger partial charge in [0.1, 0.15) is 6.10 Å². The SMILES string of the molecule is O=C(CCCCCn1c2ccccc2c2ccccc21)OC1CCC=CCCC1. The number of hydrogen-bond donors (Lipinski definition) is 0. The maximum absolute atomic E-state index is 12.2. The van der Waals surface area contributed by atoms with E-state index in [1.807, 2.05) is 0 Å². The van der Waals surface area contributed by atoms with E-state index in [0.717, 1.165) is 57.9 Å². The van der Waals surface area contributed by atoms with E-state index >= 15 is 0 Å². The van der Waals surface area contributed by atoms with Gasteiger partial charge in [0, 0.05) is 34.8 Å². The fraction of sp³-hybridized carbons (Fsp3) is 0.423. The lowest BCUT2D eigenvalue weighted by molar-refractivity contribution is -0.149. The number of carbonyl (C=O) groups is 1. The number of aryl methyl sites for hydroxylation is 1. The first-order valence-electron chi connectivity index (χ1n) is 11.1. The summed E-state index contributed by atoms with van der Waals surface area (Å²) in [5.74, 6) is -0.0172. The van der Waals surface area contributed by atoms with E-state index in [1.54, 1.807) is 0 Å². The average Bonchev–Trinajstić information content (AvgIpc) is 3.04. The highest BCUT2D eigenvalue weighted by atomic mass is 16.5. The van der Waals surface area contributed by atoms with Crippen molar-refractivity contribution in [1.82, 2.24) is 4.57 Å². The van der Waals surface area contributed by atoms with Crippen LogP contribution in [0.3, 0.4) is 0 Å². The van der Waals surface area contributed by atoms with Crippen molar-refractivity contribution in [2.24, 2.45) is 0 Å². The van der Waals surface area contributed by atoms with Gasteiger partial charge < -0.3 is 9.30 Å². The Kier molecular flexibility index (Phi) is 6.66. The van der Waals surface area contributed by atoms with E-state index in [-0.39, 0.29) is 12.1 Å². The number of aromatic nitrogens is 1. The summed E-state index contributed by atoms with van der Waals surface area (Å²) in [4.78, 5) is 12.2. The predicted octanol–water partition coefficient (Wildman–Crippen LogP) is 6.79. The summed E-state index contributed by atoms with van der Waals surface area (Å²) in [7, 11) is 0. The van der Waals surface area contributed by atoms with Gasteiger partial charge in [-0.3, -0.25) is 4.79 Å². The van der Waals surface area contributed by atoms with Gasteiger partial charge >= 0.3 is 5.97 Å². The van der Waals surface area contributed by atoms with Gasteiger partial charge in [0.25, 0.3) is 0 Å². The van der Waals surface area contributed by atoms with E-state index in [9.17, 15) is 4.79 Å². The summed E-state index contributed by atoms with van der Waals surface area (Å²) in [5.41, 5.74) is 2.60. The summed E-state index contributed by atoms with van der Waals surface area (Å²) < 4.78 is 8.14. The van der Waals surface area contributed by atoms with E-state index < -0.39 is 0 Å². The molecule has 3 heteroatoms. The van der Waals surface area contributed by atoms with Crippen molar-refractivity contribution in [3.05, 3.63) is 60.7 Å². The molecule has 1 aliphatic rings. The van der Waals surface area contributed by atoms with Gasteiger partial charge in [-0.1, -0.05) is 55.0 Å². The van der Waals surface area contributed by atoms with Crippen LogP contribution in [0.1, 0.15) is 57.8 Å². The number of hydrogen-bond acceptors (Lipinski definition) is 2. The van der Waals surface area contributed by atoms with Crippen LogP contribution < -0.4 is 0 Å². The minimum absolute atomic E-state index is 0.0172. The van der Waals surface area contributed by atoms with Gasteiger partial charge in [-0.25, -0.2) is 0 Å². The zero-order valence-corrected chi connectivity index (χ0v) is 17.2. The Morgan fingerprint density at radius 2 is 1.55 bits per heavy atom. The lowest BCUT2D eigenvalue weighted by Crippen LogP contribution is -2.18. The van der Waals surface area contributed by atoms with E-state index in [0.29, 0.717) is 6.42 Å². The minimum Gasteiger partial charge on any atom is -0.462 e. The molecule has 0 fully saturated rings. The number of allylic oxidation sites excluding steroid dienone is 2. The second-order valence-electron chi connectivity index (χ2n) is 8.09. The van der Waals surface area contributed by atoms with Crippen LogP contribution in [-0.4, -0.2) is 16.6 Å². The molecule has 3 nitrogen and oxygen atoms in total. The largest absolute Gasteiger partial charge is 0.462 e. The Morgan fingerprint density at radius 1 is 0.862 bits per heavy atom. The van der Waals surface area contributed by atoms with Crippen LogP contribution in [-0.2, 0) is 16.1 Å². The lowest BCUT2D eigenvalue weighted by Gasteiger charge is -2.18. The van der Waals surface area contributed by atoms with Crippen molar-refractivity contribution in [3.63, 3.8) is 0 Å². The topological polar surface area (TPSA) is 31.2 Å². The molecule has 0 aliphatic heterocycles. The van der Waals surface area contributed by atoms with Crippen LogP contribution in [0.2, 0.25) is 0 Å². The van der Waals surface area contributed by atoms with Gasteiger partial charge in [0.2, 0.25) is 0 Å². The third kappa shape index (κ3) is 4.90. The van der Waals surface area contributed by atoms with Crippen molar-refractivity contribution in [1.29, 1.82) is 0 Å². The first-order valence-corrected chi connectivity index (χ1v) is 11.1. The van der Waals surface area contributed by atoms with Crippen molar-refractivity contribution in [2.75, 3.05) is 0 Å². The van der Waals surface area contributed by atoms with Crippen LogP contribution in [0.5, 0.6) is 0 Å². The number of carbonyl (C=O) groups excluding carboxylic acids is 1. The molecule has 152 valence electrons. The molecule has 0 radical (unpaired) electrons. The van der Waals surface area contributed by atoms with Crippen LogP contribution in [0.15, 0.2) is 60.7 Å². The number of rotatable bonds is 7. The van der Waals surface area contributed by atoms with Gasteiger partial charge in [-0.15, -0.1) is 0 Å². The molecule has 3 aromatic rings. The van der Waals surface area contributed by atoms with Crippen LogP contribution in [0.4, 0.5) is 0 Å². The predicted molar refractivity (Wildman–Crippen MR) is 120 cm³/mol. The zero-order chi connectivity index (χ0) is 19.9. The van der Waals surface area contributed by atoms with Crippen LogP contribution >= 0.6 is 0 Å². The maximum atomic E-state index is 12.2. The molecule has 1 unspecified atom stereocenters. The number of nitrogens with zero attached hydrogens (tertiary/aromatic N) is 1. The van der Waals surface area contributed by atoms with Gasteiger partial charge in [0.15, 0.2) is 0 Å². The number of para-hydroxylation sites is 2. The molecule has 0 spiro atoms. The monoisotopic (exact) mass is 389 g/mol. The zero-order valence-electron chi connectivity index (χ0n) is 17.2. The molecule has 0 bridgehead atoms. The molecule has 1 atom stereocenters. The highest BCUT2D eigenvalue weighted by Gasteiger charge is 2.14. The Hall–Kier alpha value is -2.55. The number of unbranched alkanes of at least 4 members (excludes halogenated alkanes) is 2. The van der Waals surface area contributed by atoms with Crippen molar-refractivity contribution < 1.29 is 9.53 Å². The molecule has 4 rings (SSSR count). The fourth-order valence-corrected chi connectivity index (χ4v) is 4.45. The maximum Gasteiger partial charge on any atom is 0.306 e. The summed E-state index contributed by atoms with van der Waals surface area (Å²) in [5, 5.41) is 2.64. The molecule has 0 amide bonds. The Balaban J connectivity index is 1.26. The molecule has 0 saturated heterocycles. The highest BCUT2D eigenvalue weighted by Crippen LogP contribution is 2.29. The number of benzene rings is 2. The molecular formula is C26H31NO2. The van der Waals surface area contributed by atoms with Gasteiger partial charge in [0.05, 0.1) is 0 Å². The molecule has 1 aliphatic carbocycles. The summed E-state index contributed by atoms with van der Waals surface area (Å²) in [6.07, 6.45) is 13.4. The Bertz CT molecular complexity index is 931. The minimum atomic E-state index is -0.0172. The quantitative estimate of drug-likeness (QED) is 0.253. The number of fused-ring (bicyclic) bond motifs is 3. The van der Waals surface area contributed by atoms with Crippen molar-refractivity contribution in [3.8, 4) is 0 Å². The summed E-state index contributed by atoms with van der Waals surface area (Å²) in [6.45, 7) is 0.984. The smallest absolute Gasteiger partial charge is 0.306 e. The first kappa shape index (κ1) is 19.8. The summed E-state index contributed by atoms with van der Waals surface area (Å²) >= 11 is 0. The highest BCUT2D eigenvalue weighted by molar-refractivity contribution is 6.07. The van der Waals surface area contributed by atoms with Crippen molar-refractivity contribution in [2.45, 2.75) is 70.4 Å². The van der Waals surface area contributed by atoms with Gasteiger partial charge in [-0.2, -0.15) is 0 Å². The lowest BCUT2D eigenvalue weighted by atomic mass is 10.0. The third-order valence-corrected chi connectivity index (χ3v) is 5.96. The fourth-order valence-electron chi connectivity index (χ4n) is 4.45. The van der Waals surface area contributed by atoms with E-state index in [2.05, 4.69) is 65.3 Å². The summed E-state index contributed by atoms with van der Waals surface area (Å²) in [6, 6.07) is 17.3. The first-order chi connectivity index (χ1) is 14.3. The normalized spacial score (nSPS) is 17.3. The molecule has 29 heavy (non-hydrogen) atoms. The molecule has 2 aromatic carbocycles. The Labute approximate surface area is 173 Å². The number of esters is 1. The second kappa shape index (κ2) is 9.78. The second-order valence-corrected chi connectivity index (χ2v) is 8.09. The standard InChI is InChI=1S/C26H31NO2/c28-26(29-21-13-5-2-1-3-6-14-21)19-7-4-12-20-27-24-17-10-8-15-22(24)23-16-9-11-18-25(23)27/h1-2,8-11,15-18,21H,3-7,12-14,19-20H2. The molecule has 0 saturated carbocycles. The Morgan fingerprint density at radius 3 is 2.31 bits per heavy atom. The van der Waals surface area contributed by atoms with Crippen molar-refractivity contribution >= 4 is 27.8 Å². The molecular weight excluding hydrogens is 358 g/mol. The van der Waals surface area contributed by atoms with E-state index in [4.69, 9.17) is 4.74 Å². The molecule has 1 aromatic heterocycles. The van der Waals surface area contributed by atoms with Crippen LogP contribution in [0, 0.1) is 0 Å². The van der Waals surface area contributed by atoms with Gasteiger partial charge in [-0.05, 0) is 57.1 Å². The van der Waals surface area contributed by atoms with Crippen LogP contribution in [0.25, 0.3) is 21.8 Å². The van der Waals surface area contributed by atoms with E-state index in [1.165, 1.54) is 21.8 Å². The molecule has 1 heterocycles. The average molecular weight is 390 g/mol. The molecule has 0 N–H and O–H groups in total. The number of ether oxygens (including phenoxy) is 1. The third-order valence-electron chi connectivity index (χ3n) is 5.96.